The van der Waals surface area contributed by atoms with E-state index in [0.717, 1.165) is 22.9 Å². The van der Waals surface area contributed by atoms with E-state index in [1.54, 1.807) is 6.20 Å². The molecule has 0 spiro atoms. The first-order valence-corrected chi connectivity index (χ1v) is 8.63. The van der Waals surface area contributed by atoms with Crippen LogP contribution in [0.2, 0.25) is 0 Å². The molecular formula is C22H19N3O. The molecule has 3 aromatic carbocycles. The Labute approximate surface area is 151 Å². The topological polar surface area (TPSA) is 57.8 Å². The summed E-state index contributed by atoms with van der Waals surface area (Å²) in [6.45, 7) is 0. The van der Waals surface area contributed by atoms with Gasteiger partial charge in [0.2, 0.25) is 0 Å². The zero-order chi connectivity index (χ0) is 17.8. The largest absolute Gasteiger partial charge is 0.345 e. The molecule has 0 aliphatic carbocycles. The lowest BCUT2D eigenvalue weighted by molar-refractivity contribution is 0.0938. The van der Waals surface area contributed by atoms with Gasteiger partial charge in [-0.1, -0.05) is 72.8 Å². The zero-order valence-corrected chi connectivity index (χ0v) is 14.2. The number of hydrogen-bond acceptors (Lipinski definition) is 2. The Morgan fingerprint density at radius 3 is 2.42 bits per heavy atom. The maximum atomic E-state index is 13.0. The Hall–Kier alpha value is -3.40. The molecule has 4 aromatic rings. The minimum atomic E-state index is -0.107. The van der Waals surface area contributed by atoms with Crippen LogP contribution in [0, 0.1) is 0 Å². The molecule has 1 atom stereocenters. The number of nitrogens with zero attached hydrogens (tertiary/aromatic N) is 1. The number of nitrogens with one attached hydrogen (secondary N) is 2. The maximum absolute atomic E-state index is 13.0. The summed E-state index contributed by atoms with van der Waals surface area (Å²) in [7, 11) is 0. The predicted molar refractivity (Wildman–Crippen MR) is 103 cm³/mol. The van der Waals surface area contributed by atoms with Crippen LogP contribution in [0.25, 0.3) is 10.9 Å². The van der Waals surface area contributed by atoms with Gasteiger partial charge in [-0.25, -0.2) is 0 Å². The van der Waals surface area contributed by atoms with Gasteiger partial charge in [0.05, 0.1) is 23.3 Å². The minimum absolute atomic E-state index is 0.107. The average molecular weight is 341 g/mol. The van der Waals surface area contributed by atoms with Crippen molar-refractivity contribution in [1.82, 2.24) is 15.5 Å². The number of hydrogen-bond donors (Lipinski definition) is 2. The first-order valence-electron chi connectivity index (χ1n) is 8.63. The van der Waals surface area contributed by atoms with E-state index in [1.807, 2.05) is 66.7 Å². The fourth-order valence-electron chi connectivity index (χ4n) is 3.18. The number of benzene rings is 3. The molecule has 0 aliphatic heterocycles. The average Bonchev–Trinajstić information content (AvgIpc) is 3.18. The third-order valence-corrected chi connectivity index (χ3v) is 4.51. The van der Waals surface area contributed by atoms with Crippen LogP contribution < -0.4 is 5.32 Å². The Kier molecular flexibility index (Phi) is 4.48. The fourth-order valence-corrected chi connectivity index (χ4v) is 3.18. The number of amides is 1. The molecule has 0 aliphatic rings. The summed E-state index contributed by atoms with van der Waals surface area (Å²) in [6.07, 6.45) is 2.46. The van der Waals surface area contributed by atoms with Crippen LogP contribution >= 0.6 is 0 Å². The first-order chi connectivity index (χ1) is 12.8. The van der Waals surface area contributed by atoms with Gasteiger partial charge in [0.1, 0.15) is 0 Å². The van der Waals surface area contributed by atoms with Crippen molar-refractivity contribution in [2.75, 3.05) is 0 Å². The van der Waals surface area contributed by atoms with Gasteiger partial charge in [-0.2, -0.15) is 5.10 Å². The summed E-state index contributed by atoms with van der Waals surface area (Å²) >= 11 is 0. The van der Waals surface area contributed by atoms with E-state index in [4.69, 9.17) is 0 Å². The standard InChI is InChI=1S/C22H19N3O/c26-22(19-13-7-12-18-15-23-25-21(18)19)24-20(17-10-5-2-6-11-17)14-16-8-3-1-4-9-16/h1-13,15,20H,14H2,(H,23,25)(H,24,26)/t20-/m0/s1. The number of rotatable bonds is 5. The van der Waals surface area contributed by atoms with Crippen molar-refractivity contribution in [3.8, 4) is 0 Å². The van der Waals surface area contributed by atoms with Gasteiger partial charge < -0.3 is 5.32 Å². The normalized spacial score (nSPS) is 12.0. The number of fused-ring (bicyclic) bond motifs is 1. The number of aromatic amines is 1. The zero-order valence-electron chi connectivity index (χ0n) is 14.2. The van der Waals surface area contributed by atoms with Crippen LogP contribution in [0.1, 0.15) is 27.5 Å². The van der Waals surface area contributed by atoms with Crippen molar-refractivity contribution >= 4 is 16.8 Å². The summed E-state index contributed by atoms with van der Waals surface area (Å²) in [6, 6.07) is 25.8. The van der Waals surface area contributed by atoms with Gasteiger partial charge in [-0.05, 0) is 23.6 Å². The fraction of sp³-hybridized carbons (Fsp3) is 0.0909. The summed E-state index contributed by atoms with van der Waals surface area (Å²) in [5.41, 5.74) is 3.63. The highest BCUT2D eigenvalue weighted by Gasteiger charge is 2.18. The van der Waals surface area contributed by atoms with Gasteiger partial charge in [0.15, 0.2) is 0 Å². The smallest absolute Gasteiger partial charge is 0.253 e. The molecule has 2 N–H and O–H groups in total. The molecule has 0 fully saturated rings. The second-order valence-electron chi connectivity index (χ2n) is 6.27. The molecule has 4 heteroatoms. The quantitative estimate of drug-likeness (QED) is 0.569. The Bertz CT molecular complexity index is 1010. The molecule has 0 saturated heterocycles. The molecule has 0 saturated carbocycles. The van der Waals surface area contributed by atoms with E-state index in [-0.39, 0.29) is 11.9 Å². The first kappa shape index (κ1) is 16.1. The van der Waals surface area contributed by atoms with Crippen molar-refractivity contribution in [3.05, 3.63) is 102 Å². The van der Waals surface area contributed by atoms with Crippen LogP contribution in [-0.4, -0.2) is 16.1 Å². The van der Waals surface area contributed by atoms with E-state index in [0.29, 0.717) is 5.56 Å². The predicted octanol–water partition coefficient (Wildman–Crippen LogP) is 4.28. The molecular weight excluding hydrogens is 322 g/mol. The van der Waals surface area contributed by atoms with E-state index >= 15 is 0 Å². The highest BCUT2D eigenvalue weighted by Crippen LogP contribution is 2.21. The monoisotopic (exact) mass is 341 g/mol. The molecule has 4 nitrogen and oxygen atoms in total. The molecule has 1 amide bonds. The number of carbonyl (C=O) groups is 1. The highest BCUT2D eigenvalue weighted by molar-refractivity contribution is 6.05. The molecule has 1 heterocycles. The molecule has 0 unspecified atom stereocenters. The van der Waals surface area contributed by atoms with Crippen LogP contribution in [0.15, 0.2) is 85.1 Å². The molecule has 0 bridgehead atoms. The van der Waals surface area contributed by atoms with Crippen molar-refractivity contribution in [2.24, 2.45) is 0 Å². The SMILES string of the molecule is O=C(N[C@@H](Cc1ccccc1)c1ccccc1)c1cccc2cn[nH]c12. The Morgan fingerprint density at radius 2 is 1.65 bits per heavy atom. The lowest BCUT2D eigenvalue weighted by atomic mass is 9.98. The molecule has 26 heavy (non-hydrogen) atoms. The van der Waals surface area contributed by atoms with Crippen molar-refractivity contribution in [1.29, 1.82) is 0 Å². The molecule has 128 valence electrons. The van der Waals surface area contributed by atoms with Gasteiger partial charge in [0, 0.05) is 5.39 Å². The van der Waals surface area contributed by atoms with E-state index in [9.17, 15) is 4.79 Å². The summed E-state index contributed by atoms with van der Waals surface area (Å²) < 4.78 is 0. The molecule has 0 radical (unpaired) electrons. The van der Waals surface area contributed by atoms with E-state index < -0.39 is 0 Å². The summed E-state index contributed by atoms with van der Waals surface area (Å²) in [4.78, 5) is 13.0. The van der Waals surface area contributed by atoms with Gasteiger partial charge in [-0.15, -0.1) is 0 Å². The Balaban J connectivity index is 1.64. The van der Waals surface area contributed by atoms with Crippen LogP contribution in [0.4, 0.5) is 0 Å². The second kappa shape index (κ2) is 7.23. The number of aromatic nitrogens is 2. The van der Waals surface area contributed by atoms with Crippen LogP contribution in [0.5, 0.6) is 0 Å². The highest BCUT2D eigenvalue weighted by atomic mass is 16.1. The number of para-hydroxylation sites is 1. The third-order valence-electron chi connectivity index (χ3n) is 4.51. The maximum Gasteiger partial charge on any atom is 0.253 e. The van der Waals surface area contributed by atoms with Gasteiger partial charge >= 0.3 is 0 Å². The van der Waals surface area contributed by atoms with Gasteiger partial charge in [0.25, 0.3) is 5.91 Å². The molecule has 4 rings (SSSR count). The molecule has 1 aromatic heterocycles. The third kappa shape index (κ3) is 3.35. The lowest BCUT2D eigenvalue weighted by Crippen LogP contribution is -2.30. The van der Waals surface area contributed by atoms with Crippen molar-refractivity contribution in [2.45, 2.75) is 12.5 Å². The van der Waals surface area contributed by atoms with E-state index in [2.05, 4.69) is 27.6 Å². The summed E-state index contributed by atoms with van der Waals surface area (Å²) in [5.74, 6) is -0.107. The minimum Gasteiger partial charge on any atom is -0.345 e. The van der Waals surface area contributed by atoms with Gasteiger partial charge in [-0.3, -0.25) is 9.89 Å². The lowest BCUT2D eigenvalue weighted by Gasteiger charge is -2.20. The second-order valence-corrected chi connectivity index (χ2v) is 6.27. The summed E-state index contributed by atoms with van der Waals surface area (Å²) in [5, 5.41) is 11.1. The number of carbonyl (C=O) groups excluding carboxylic acids is 1. The van der Waals surface area contributed by atoms with Crippen LogP contribution in [0.3, 0.4) is 0 Å². The number of H-pyrrole nitrogens is 1. The van der Waals surface area contributed by atoms with Crippen molar-refractivity contribution in [3.63, 3.8) is 0 Å². The van der Waals surface area contributed by atoms with Crippen molar-refractivity contribution < 1.29 is 4.79 Å². The van der Waals surface area contributed by atoms with Crippen LogP contribution in [-0.2, 0) is 6.42 Å². The van der Waals surface area contributed by atoms with E-state index in [1.165, 1.54) is 5.56 Å². The Morgan fingerprint density at radius 1 is 0.923 bits per heavy atom.